The number of carbonyl (C=O) groups excluding carboxylic acids is 3. The first-order valence-electron chi connectivity index (χ1n) is 8.13. The molecule has 5 heteroatoms. The Kier molecular flexibility index (Phi) is 2.78. The highest BCUT2D eigenvalue weighted by Gasteiger charge is 2.75. The molecule has 0 unspecified atom stereocenters. The summed E-state index contributed by atoms with van der Waals surface area (Å²) in [6, 6.07) is 8.94. The van der Waals surface area contributed by atoms with Crippen molar-refractivity contribution in [1.82, 2.24) is 5.01 Å². The van der Waals surface area contributed by atoms with Crippen LogP contribution >= 0.6 is 0 Å². The Balaban J connectivity index is 1.89. The van der Waals surface area contributed by atoms with Crippen molar-refractivity contribution in [3.63, 3.8) is 0 Å². The van der Waals surface area contributed by atoms with Crippen LogP contribution in [-0.4, -0.2) is 29.2 Å². The monoisotopic (exact) mass is 312 g/mol. The largest absolute Gasteiger partial charge is 0.305 e. The highest BCUT2D eigenvalue weighted by Crippen LogP contribution is 2.70. The Morgan fingerprint density at radius 2 is 1.96 bits per heavy atom. The van der Waals surface area contributed by atoms with Gasteiger partial charge in [-0.1, -0.05) is 32.0 Å². The molecule has 3 atom stereocenters. The number of fused-ring (bicyclic) bond motifs is 1. The molecular formula is C18H20N2O3. The summed E-state index contributed by atoms with van der Waals surface area (Å²) in [5, 5.41) is 2.87. The standard InChI is InChI=1S/C18H20N2O3/c1-17(2)12-8-9-18(17)14(10-12)20(15(22)11-21)19(16(18)23)13-6-4-3-5-7-13/h3-7,11-12,14H,8-10H2,1-2H3/t12-,14-,18+/m1/s1. The first-order valence-corrected chi connectivity index (χ1v) is 8.13. The fraction of sp³-hybridized carbons (Fsp3) is 0.500. The summed E-state index contributed by atoms with van der Waals surface area (Å²) in [7, 11) is 0. The lowest BCUT2D eigenvalue weighted by Gasteiger charge is -2.34. The molecule has 1 spiro atoms. The molecule has 1 aromatic carbocycles. The van der Waals surface area contributed by atoms with Crippen molar-refractivity contribution in [3.8, 4) is 0 Å². The molecule has 2 saturated carbocycles. The van der Waals surface area contributed by atoms with E-state index < -0.39 is 11.3 Å². The molecule has 1 aliphatic heterocycles. The van der Waals surface area contributed by atoms with Gasteiger partial charge in [-0.15, -0.1) is 0 Å². The van der Waals surface area contributed by atoms with Gasteiger partial charge in [-0.05, 0) is 42.7 Å². The fourth-order valence-electron chi connectivity index (χ4n) is 5.31. The van der Waals surface area contributed by atoms with Crippen LogP contribution in [0.25, 0.3) is 0 Å². The second-order valence-corrected chi connectivity index (χ2v) is 7.43. The molecule has 1 aromatic rings. The van der Waals surface area contributed by atoms with E-state index >= 15 is 0 Å². The Hall–Kier alpha value is -2.17. The highest BCUT2D eigenvalue weighted by atomic mass is 16.2. The van der Waals surface area contributed by atoms with Crippen molar-refractivity contribution in [2.45, 2.75) is 39.2 Å². The number of amides is 2. The Morgan fingerprint density at radius 3 is 2.57 bits per heavy atom. The molecule has 5 nitrogen and oxygen atoms in total. The van der Waals surface area contributed by atoms with Crippen LogP contribution in [0.15, 0.2) is 30.3 Å². The molecular weight excluding hydrogens is 292 g/mol. The molecule has 120 valence electrons. The third-order valence-electron chi connectivity index (χ3n) is 6.55. The van der Waals surface area contributed by atoms with E-state index in [1.807, 2.05) is 18.2 Å². The zero-order chi connectivity index (χ0) is 16.4. The number of anilines is 1. The quantitative estimate of drug-likeness (QED) is 0.621. The second-order valence-electron chi connectivity index (χ2n) is 7.43. The van der Waals surface area contributed by atoms with E-state index in [2.05, 4.69) is 13.8 Å². The van der Waals surface area contributed by atoms with Crippen LogP contribution < -0.4 is 5.01 Å². The molecule has 23 heavy (non-hydrogen) atoms. The lowest BCUT2D eigenvalue weighted by atomic mass is 9.67. The van der Waals surface area contributed by atoms with Crippen LogP contribution in [0, 0.1) is 16.7 Å². The van der Waals surface area contributed by atoms with Gasteiger partial charge in [-0.3, -0.25) is 14.4 Å². The predicted molar refractivity (Wildman–Crippen MR) is 84.2 cm³/mol. The van der Waals surface area contributed by atoms with Gasteiger partial charge in [0.25, 0.3) is 5.91 Å². The molecule has 0 N–H and O–H groups in total. The topological polar surface area (TPSA) is 57.7 Å². The molecule has 4 rings (SSSR count). The van der Waals surface area contributed by atoms with Crippen molar-refractivity contribution < 1.29 is 14.4 Å². The van der Waals surface area contributed by atoms with Gasteiger partial charge in [0.05, 0.1) is 17.1 Å². The number of hydrogen-bond donors (Lipinski definition) is 0. The summed E-state index contributed by atoms with van der Waals surface area (Å²) in [6.07, 6.45) is 2.92. The third-order valence-corrected chi connectivity index (χ3v) is 6.55. The molecule has 3 fully saturated rings. The number of aldehydes is 1. The minimum Gasteiger partial charge on any atom is -0.292 e. The summed E-state index contributed by atoms with van der Waals surface area (Å²) in [5.41, 5.74) is -0.0676. The van der Waals surface area contributed by atoms with E-state index in [1.54, 1.807) is 12.1 Å². The maximum atomic E-state index is 13.4. The van der Waals surface area contributed by atoms with Crippen molar-refractivity contribution >= 4 is 23.8 Å². The van der Waals surface area contributed by atoms with E-state index in [0.717, 1.165) is 19.3 Å². The predicted octanol–water partition coefficient (Wildman–Crippen LogP) is 2.17. The SMILES string of the molecule is CC1(C)[C@@H]2CC[C@]13C(=O)N(c1ccccc1)N(C(=O)C=O)[C@@H]3C2. The normalized spacial score (nSPS) is 33.9. The Bertz CT molecular complexity index is 699. The van der Waals surface area contributed by atoms with Crippen LogP contribution in [-0.2, 0) is 14.4 Å². The van der Waals surface area contributed by atoms with Gasteiger partial charge in [0, 0.05) is 0 Å². The van der Waals surface area contributed by atoms with Gasteiger partial charge in [0.15, 0.2) is 0 Å². The number of rotatable bonds is 2. The molecule has 2 aliphatic carbocycles. The van der Waals surface area contributed by atoms with Crippen LogP contribution in [0.1, 0.15) is 33.1 Å². The van der Waals surface area contributed by atoms with Gasteiger partial charge in [0.2, 0.25) is 6.29 Å². The minimum atomic E-state index is -0.632. The average molecular weight is 312 g/mol. The molecule has 0 radical (unpaired) electrons. The number of hydrazine groups is 1. The van der Waals surface area contributed by atoms with Crippen LogP contribution in [0.5, 0.6) is 0 Å². The van der Waals surface area contributed by atoms with Crippen molar-refractivity contribution in [1.29, 1.82) is 0 Å². The number of benzene rings is 1. The van der Waals surface area contributed by atoms with Crippen molar-refractivity contribution in [3.05, 3.63) is 30.3 Å². The van der Waals surface area contributed by atoms with Crippen LogP contribution in [0.4, 0.5) is 5.69 Å². The average Bonchev–Trinajstić information content (AvgIpc) is 3.07. The third kappa shape index (κ3) is 1.50. The molecule has 2 bridgehead atoms. The first kappa shape index (κ1) is 14.4. The summed E-state index contributed by atoms with van der Waals surface area (Å²) in [4.78, 5) is 37.0. The number of para-hydroxylation sites is 1. The number of carbonyl (C=O) groups is 3. The molecule has 1 saturated heterocycles. The maximum absolute atomic E-state index is 13.4. The van der Waals surface area contributed by atoms with E-state index in [-0.39, 0.29) is 17.4 Å². The van der Waals surface area contributed by atoms with Gasteiger partial charge >= 0.3 is 5.91 Å². The van der Waals surface area contributed by atoms with E-state index in [9.17, 15) is 14.4 Å². The smallest absolute Gasteiger partial charge is 0.292 e. The molecule has 1 heterocycles. The van der Waals surface area contributed by atoms with E-state index in [4.69, 9.17) is 0 Å². The Labute approximate surface area is 135 Å². The van der Waals surface area contributed by atoms with Gasteiger partial charge in [0.1, 0.15) is 0 Å². The van der Waals surface area contributed by atoms with Gasteiger partial charge in [-0.25, -0.2) is 10.0 Å². The van der Waals surface area contributed by atoms with Crippen LogP contribution in [0.2, 0.25) is 0 Å². The zero-order valence-electron chi connectivity index (χ0n) is 13.4. The van der Waals surface area contributed by atoms with Gasteiger partial charge in [-0.2, -0.15) is 0 Å². The molecule has 2 amide bonds. The summed E-state index contributed by atoms with van der Waals surface area (Å²) in [5.74, 6) is -0.238. The first-order chi connectivity index (χ1) is 10.9. The molecule has 0 aromatic heterocycles. The summed E-state index contributed by atoms with van der Waals surface area (Å²) >= 11 is 0. The highest BCUT2D eigenvalue weighted by molar-refractivity contribution is 6.26. The minimum absolute atomic E-state index is 0.0334. The van der Waals surface area contributed by atoms with Crippen molar-refractivity contribution in [2.75, 3.05) is 5.01 Å². The van der Waals surface area contributed by atoms with E-state index in [1.165, 1.54) is 10.0 Å². The van der Waals surface area contributed by atoms with Crippen molar-refractivity contribution in [2.24, 2.45) is 16.7 Å². The summed E-state index contributed by atoms with van der Waals surface area (Å²) < 4.78 is 0. The summed E-state index contributed by atoms with van der Waals surface area (Å²) in [6.45, 7) is 4.28. The number of hydrogen-bond acceptors (Lipinski definition) is 3. The maximum Gasteiger partial charge on any atom is 0.305 e. The lowest BCUT2D eigenvalue weighted by Crippen LogP contribution is -2.48. The van der Waals surface area contributed by atoms with Crippen LogP contribution in [0.3, 0.4) is 0 Å². The zero-order valence-corrected chi connectivity index (χ0v) is 13.4. The Morgan fingerprint density at radius 1 is 1.26 bits per heavy atom. The lowest BCUT2D eigenvalue weighted by molar-refractivity contribution is -0.141. The fourth-order valence-corrected chi connectivity index (χ4v) is 5.31. The van der Waals surface area contributed by atoms with E-state index in [0.29, 0.717) is 17.9 Å². The second kappa shape index (κ2) is 4.43. The molecule has 3 aliphatic rings. The van der Waals surface area contributed by atoms with Gasteiger partial charge < -0.3 is 0 Å². The number of nitrogens with zero attached hydrogens (tertiary/aromatic N) is 2.